The largest absolute Gasteiger partial charge is 0.475 e. The van der Waals surface area contributed by atoms with Gasteiger partial charge in [-0.05, 0) is 31.2 Å². The van der Waals surface area contributed by atoms with Gasteiger partial charge in [-0.3, -0.25) is 9.59 Å². The molecule has 2 N–H and O–H groups in total. The number of ketones is 1. The Balaban J connectivity index is 2.80. The van der Waals surface area contributed by atoms with Crippen LogP contribution in [0.2, 0.25) is 0 Å². The minimum atomic E-state index is -1.36. The summed E-state index contributed by atoms with van der Waals surface area (Å²) >= 11 is 0. The van der Waals surface area contributed by atoms with Crippen LogP contribution in [-0.2, 0) is 14.3 Å². The zero-order chi connectivity index (χ0) is 14.4. The number of nitrogens with one attached hydrogen (secondary N) is 1. The van der Waals surface area contributed by atoms with E-state index in [2.05, 4.69) is 10.1 Å². The zero-order valence-electron chi connectivity index (χ0n) is 10.5. The quantitative estimate of drug-likeness (QED) is 0.364. The van der Waals surface area contributed by atoms with Gasteiger partial charge in [0, 0.05) is 18.2 Å². The number of Topliss-reactive ketones (excluding diaryl/α,β-unsaturated/α-hetero) is 1. The third kappa shape index (κ3) is 4.63. The van der Waals surface area contributed by atoms with Crippen LogP contribution in [0.15, 0.2) is 36.2 Å². The Labute approximate surface area is 109 Å². The lowest BCUT2D eigenvalue weighted by Crippen LogP contribution is -2.10. The van der Waals surface area contributed by atoms with Crippen LogP contribution < -0.4 is 5.32 Å². The fraction of sp³-hybridized carbons (Fsp3) is 0.154. The summed E-state index contributed by atoms with van der Waals surface area (Å²) in [6, 6.07) is 6.43. The predicted octanol–water partition coefficient (Wildman–Crippen LogP) is 1.79. The topological polar surface area (TPSA) is 92.7 Å². The summed E-state index contributed by atoms with van der Waals surface area (Å²) in [5.41, 5.74) is 1.11. The summed E-state index contributed by atoms with van der Waals surface area (Å²) < 4.78 is 4.50. The first-order valence-electron chi connectivity index (χ1n) is 5.39. The zero-order valence-corrected chi connectivity index (χ0v) is 10.5. The number of esters is 1. The van der Waals surface area contributed by atoms with E-state index < -0.39 is 17.7 Å². The van der Waals surface area contributed by atoms with Gasteiger partial charge in [0.2, 0.25) is 5.76 Å². The van der Waals surface area contributed by atoms with Crippen LogP contribution in [0, 0.1) is 0 Å². The van der Waals surface area contributed by atoms with Crippen molar-refractivity contribution in [2.45, 2.75) is 13.8 Å². The molecule has 0 unspecified atom stereocenters. The summed E-state index contributed by atoms with van der Waals surface area (Å²) in [5, 5.41) is 11.5. The van der Waals surface area contributed by atoms with Gasteiger partial charge in [-0.25, -0.2) is 4.79 Å². The third-order valence-electron chi connectivity index (χ3n) is 2.13. The molecule has 6 heteroatoms. The number of anilines is 1. The van der Waals surface area contributed by atoms with Crippen molar-refractivity contribution >= 4 is 23.4 Å². The molecule has 1 aromatic carbocycles. The molecular weight excluding hydrogens is 250 g/mol. The lowest BCUT2D eigenvalue weighted by atomic mass is 10.1. The van der Waals surface area contributed by atoms with Gasteiger partial charge in [-0.1, -0.05) is 0 Å². The number of carbonyl (C=O) groups is 3. The molecule has 0 aliphatic heterocycles. The third-order valence-corrected chi connectivity index (χ3v) is 2.13. The van der Waals surface area contributed by atoms with E-state index in [0.717, 1.165) is 13.1 Å². The molecule has 0 fully saturated rings. The molecule has 0 bridgehead atoms. The van der Waals surface area contributed by atoms with Crippen LogP contribution in [0.5, 0.6) is 0 Å². The molecule has 0 heterocycles. The van der Waals surface area contributed by atoms with Crippen molar-refractivity contribution in [3.8, 4) is 0 Å². The number of ether oxygens (including phenoxy) is 1. The van der Waals surface area contributed by atoms with Gasteiger partial charge in [-0.2, -0.15) is 0 Å². The van der Waals surface area contributed by atoms with E-state index in [9.17, 15) is 14.4 Å². The standard InChI is InChI=1S/C13H13NO5/c1-8(15)10-3-5-11(6-4-10)14-7-12(13(17)18)19-9(2)16/h3-7,14H,1-2H3,(H,17,18)/b12-7-. The van der Waals surface area contributed by atoms with Crippen LogP contribution in [-0.4, -0.2) is 22.8 Å². The van der Waals surface area contributed by atoms with Gasteiger partial charge in [0.1, 0.15) is 0 Å². The molecule has 0 aliphatic rings. The number of rotatable bonds is 5. The number of aliphatic carboxylic acids is 1. The number of carbonyl (C=O) groups excluding carboxylic acids is 2. The van der Waals surface area contributed by atoms with Crippen LogP contribution in [0.1, 0.15) is 24.2 Å². The summed E-state index contributed by atoms with van der Waals surface area (Å²) in [5.74, 6) is -2.65. The Morgan fingerprint density at radius 3 is 2.16 bits per heavy atom. The summed E-state index contributed by atoms with van der Waals surface area (Å²) in [7, 11) is 0. The summed E-state index contributed by atoms with van der Waals surface area (Å²) in [4.78, 5) is 32.5. The Bertz CT molecular complexity index is 530. The molecule has 0 radical (unpaired) electrons. The number of benzene rings is 1. The maximum absolute atomic E-state index is 11.1. The van der Waals surface area contributed by atoms with E-state index >= 15 is 0 Å². The van der Waals surface area contributed by atoms with Crippen molar-refractivity contribution in [1.82, 2.24) is 0 Å². The normalized spacial score (nSPS) is 10.7. The van der Waals surface area contributed by atoms with Crippen molar-refractivity contribution < 1.29 is 24.2 Å². The molecular formula is C13H13NO5. The SMILES string of the molecule is CC(=O)O/C(=C\Nc1ccc(C(C)=O)cc1)C(=O)O. The van der Waals surface area contributed by atoms with Gasteiger partial charge < -0.3 is 15.2 Å². The number of carboxylic acid groups (broad SMARTS) is 1. The molecule has 0 amide bonds. The Hall–Kier alpha value is -2.63. The molecule has 1 aromatic rings. The van der Waals surface area contributed by atoms with Crippen LogP contribution in [0.4, 0.5) is 5.69 Å². The molecule has 0 saturated heterocycles. The Morgan fingerprint density at radius 2 is 1.74 bits per heavy atom. The van der Waals surface area contributed by atoms with Crippen LogP contribution >= 0.6 is 0 Å². The van der Waals surface area contributed by atoms with Crippen LogP contribution in [0.3, 0.4) is 0 Å². The molecule has 0 atom stereocenters. The van der Waals surface area contributed by atoms with E-state index in [0.29, 0.717) is 11.3 Å². The molecule has 0 spiro atoms. The van der Waals surface area contributed by atoms with Gasteiger partial charge in [0.25, 0.3) is 0 Å². The van der Waals surface area contributed by atoms with E-state index in [1.54, 1.807) is 24.3 Å². The minimum Gasteiger partial charge on any atom is -0.475 e. The summed E-state index contributed by atoms with van der Waals surface area (Å²) in [6.45, 7) is 2.56. The fourth-order valence-electron chi connectivity index (χ4n) is 1.24. The maximum Gasteiger partial charge on any atom is 0.373 e. The maximum atomic E-state index is 11.1. The second kappa shape index (κ2) is 6.34. The highest BCUT2D eigenvalue weighted by Crippen LogP contribution is 2.11. The Morgan fingerprint density at radius 1 is 1.16 bits per heavy atom. The first kappa shape index (κ1) is 14.4. The molecule has 100 valence electrons. The van der Waals surface area contributed by atoms with E-state index in [-0.39, 0.29) is 5.78 Å². The lowest BCUT2D eigenvalue weighted by Gasteiger charge is -2.04. The highest BCUT2D eigenvalue weighted by atomic mass is 16.6. The number of hydrogen-bond donors (Lipinski definition) is 2. The molecule has 19 heavy (non-hydrogen) atoms. The monoisotopic (exact) mass is 263 g/mol. The van der Waals surface area contributed by atoms with E-state index in [1.807, 2.05) is 0 Å². The predicted molar refractivity (Wildman–Crippen MR) is 67.6 cm³/mol. The van der Waals surface area contributed by atoms with Gasteiger partial charge in [0.05, 0.1) is 6.20 Å². The molecule has 0 saturated carbocycles. The fourth-order valence-corrected chi connectivity index (χ4v) is 1.24. The van der Waals surface area contributed by atoms with E-state index in [1.165, 1.54) is 6.92 Å². The lowest BCUT2D eigenvalue weighted by molar-refractivity contribution is -0.146. The minimum absolute atomic E-state index is 0.0618. The van der Waals surface area contributed by atoms with Crippen molar-refractivity contribution in [2.24, 2.45) is 0 Å². The first-order valence-corrected chi connectivity index (χ1v) is 5.39. The second-order valence-electron chi connectivity index (χ2n) is 3.69. The average molecular weight is 263 g/mol. The second-order valence-corrected chi connectivity index (χ2v) is 3.69. The molecule has 0 aromatic heterocycles. The first-order chi connectivity index (χ1) is 8.90. The van der Waals surface area contributed by atoms with Gasteiger partial charge >= 0.3 is 11.9 Å². The number of carboxylic acids is 1. The average Bonchev–Trinajstić information content (AvgIpc) is 2.34. The van der Waals surface area contributed by atoms with Crippen molar-refractivity contribution in [3.05, 3.63) is 41.8 Å². The smallest absolute Gasteiger partial charge is 0.373 e. The Kier molecular flexibility index (Phi) is 4.82. The number of hydrogen-bond acceptors (Lipinski definition) is 5. The summed E-state index contributed by atoms with van der Waals surface area (Å²) in [6.07, 6.45) is 1.06. The molecule has 6 nitrogen and oxygen atoms in total. The van der Waals surface area contributed by atoms with Gasteiger partial charge in [-0.15, -0.1) is 0 Å². The molecule has 1 rings (SSSR count). The van der Waals surface area contributed by atoms with Gasteiger partial charge in [0.15, 0.2) is 5.78 Å². The van der Waals surface area contributed by atoms with Crippen molar-refractivity contribution in [2.75, 3.05) is 5.32 Å². The molecule has 0 aliphatic carbocycles. The van der Waals surface area contributed by atoms with Crippen molar-refractivity contribution in [1.29, 1.82) is 0 Å². The van der Waals surface area contributed by atoms with Crippen molar-refractivity contribution in [3.63, 3.8) is 0 Å². The highest BCUT2D eigenvalue weighted by molar-refractivity contribution is 5.94. The highest BCUT2D eigenvalue weighted by Gasteiger charge is 2.11. The van der Waals surface area contributed by atoms with Crippen LogP contribution in [0.25, 0.3) is 0 Å². The van der Waals surface area contributed by atoms with E-state index in [4.69, 9.17) is 5.11 Å².